The number of carbonyl (C=O) groups excluding carboxylic acids is 2. The quantitative estimate of drug-likeness (QED) is 0.279. The number of amides is 2. The van der Waals surface area contributed by atoms with Crippen LogP contribution in [-0.2, 0) is 9.59 Å². The number of nitro groups is 1. The second-order valence-corrected chi connectivity index (χ2v) is 7.11. The molecular formula is C22H19ClN4O6. The zero-order valence-corrected chi connectivity index (χ0v) is 18.2. The maximum atomic E-state index is 11.8. The maximum absolute atomic E-state index is 11.8. The lowest BCUT2D eigenvalue weighted by molar-refractivity contribution is -0.385. The summed E-state index contributed by atoms with van der Waals surface area (Å²) in [4.78, 5) is 34.3. The minimum Gasteiger partial charge on any atom is -0.482 e. The molecule has 0 aliphatic heterocycles. The van der Waals surface area contributed by atoms with Crippen LogP contribution >= 0.6 is 11.6 Å². The van der Waals surface area contributed by atoms with E-state index in [0.29, 0.717) is 33.4 Å². The third kappa shape index (κ3) is 6.40. The smallest absolute Gasteiger partial charge is 0.273 e. The van der Waals surface area contributed by atoms with E-state index in [0.717, 1.165) is 0 Å². The number of benzene rings is 2. The SMILES string of the molecule is Cc1c(-c2ccc(/C=N\NC(=O)CNC(=O)COc3ccccc3Cl)o2)cccc1[N+](=O)[O-]. The molecule has 0 fully saturated rings. The second kappa shape index (κ2) is 10.9. The fourth-order valence-corrected chi connectivity index (χ4v) is 2.99. The summed E-state index contributed by atoms with van der Waals surface area (Å²) in [6.45, 7) is 1.03. The highest BCUT2D eigenvalue weighted by molar-refractivity contribution is 6.32. The number of para-hydroxylation sites is 1. The topological polar surface area (TPSA) is 136 Å². The number of ether oxygens (including phenoxy) is 1. The van der Waals surface area contributed by atoms with Crippen molar-refractivity contribution >= 4 is 35.3 Å². The maximum Gasteiger partial charge on any atom is 0.273 e. The number of nitro benzene ring substituents is 1. The molecule has 0 saturated carbocycles. The third-order valence-corrected chi connectivity index (χ3v) is 4.73. The van der Waals surface area contributed by atoms with Crippen LogP contribution in [0.25, 0.3) is 11.3 Å². The Hall–Kier alpha value is -4.18. The van der Waals surface area contributed by atoms with Gasteiger partial charge in [-0.05, 0) is 31.2 Å². The van der Waals surface area contributed by atoms with E-state index < -0.39 is 16.7 Å². The Bertz CT molecular complexity index is 1210. The highest BCUT2D eigenvalue weighted by Crippen LogP contribution is 2.30. The number of rotatable bonds is 9. The van der Waals surface area contributed by atoms with E-state index in [1.54, 1.807) is 55.5 Å². The van der Waals surface area contributed by atoms with E-state index in [-0.39, 0.29) is 18.8 Å². The summed E-state index contributed by atoms with van der Waals surface area (Å²) < 4.78 is 10.9. The average Bonchev–Trinajstić information content (AvgIpc) is 3.25. The van der Waals surface area contributed by atoms with Crippen molar-refractivity contribution in [2.45, 2.75) is 6.92 Å². The van der Waals surface area contributed by atoms with Crippen molar-refractivity contribution in [1.82, 2.24) is 10.7 Å². The third-order valence-electron chi connectivity index (χ3n) is 4.42. The molecular weight excluding hydrogens is 452 g/mol. The first-order valence-electron chi connectivity index (χ1n) is 9.65. The first-order chi connectivity index (χ1) is 15.8. The number of hydrazone groups is 1. The number of nitrogens with one attached hydrogen (secondary N) is 2. The molecule has 2 aromatic carbocycles. The van der Waals surface area contributed by atoms with Gasteiger partial charge >= 0.3 is 0 Å². The number of hydrogen-bond acceptors (Lipinski definition) is 7. The Morgan fingerprint density at radius 3 is 2.70 bits per heavy atom. The molecule has 1 heterocycles. The van der Waals surface area contributed by atoms with Gasteiger partial charge in [0.1, 0.15) is 17.3 Å². The molecule has 170 valence electrons. The standard InChI is InChI=1S/C22H19ClN4O6/c1-14-16(5-4-7-18(14)27(30)31)19-10-9-15(33-19)11-25-26-21(28)12-24-22(29)13-32-20-8-3-2-6-17(20)23/h2-11H,12-13H2,1H3,(H,24,29)(H,26,28)/b25-11-. The van der Waals surface area contributed by atoms with Crippen LogP contribution in [0.1, 0.15) is 11.3 Å². The van der Waals surface area contributed by atoms with E-state index in [9.17, 15) is 19.7 Å². The molecule has 0 saturated heterocycles. The van der Waals surface area contributed by atoms with Crippen molar-refractivity contribution in [3.8, 4) is 17.1 Å². The summed E-state index contributed by atoms with van der Waals surface area (Å²) in [6, 6.07) is 14.7. The van der Waals surface area contributed by atoms with Crippen LogP contribution < -0.4 is 15.5 Å². The summed E-state index contributed by atoms with van der Waals surface area (Å²) in [7, 11) is 0. The van der Waals surface area contributed by atoms with Crippen molar-refractivity contribution in [3.05, 3.63) is 81.1 Å². The fraction of sp³-hybridized carbons (Fsp3) is 0.136. The average molecular weight is 471 g/mol. The lowest BCUT2D eigenvalue weighted by Gasteiger charge is -2.08. The van der Waals surface area contributed by atoms with E-state index >= 15 is 0 Å². The van der Waals surface area contributed by atoms with Gasteiger partial charge in [0.05, 0.1) is 22.7 Å². The molecule has 1 aromatic heterocycles. The van der Waals surface area contributed by atoms with Crippen LogP contribution in [0.3, 0.4) is 0 Å². The molecule has 3 rings (SSSR count). The Kier molecular flexibility index (Phi) is 7.77. The highest BCUT2D eigenvalue weighted by atomic mass is 35.5. The van der Waals surface area contributed by atoms with Crippen LogP contribution in [-0.4, -0.2) is 36.1 Å². The minimum atomic E-state index is -0.557. The van der Waals surface area contributed by atoms with Gasteiger partial charge in [-0.25, -0.2) is 5.43 Å². The van der Waals surface area contributed by atoms with Crippen molar-refractivity contribution in [2.24, 2.45) is 5.10 Å². The normalized spacial score (nSPS) is 10.7. The monoisotopic (exact) mass is 470 g/mol. The van der Waals surface area contributed by atoms with Gasteiger partial charge in [0, 0.05) is 17.2 Å². The Morgan fingerprint density at radius 2 is 1.94 bits per heavy atom. The molecule has 0 spiro atoms. The van der Waals surface area contributed by atoms with Crippen molar-refractivity contribution in [1.29, 1.82) is 0 Å². The summed E-state index contributed by atoms with van der Waals surface area (Å²) in [5, 5.41) is 17.6. The molecule has 10 nitrogen and oxygen atoms in total. The van der Waals surface area contributed by atoms with Gasteiger partial charge in [0.2, 0.25) is 0 Å². The van der Waals surface area contributed by atoms with Gasteiger partial charge in [0.15, 0.2) is 6.61 Å². The largest absolute Gasteiger partial charge is 0.482 e. The molecule has 0 unspecified atom stereocenters. The zero-order chi connectivity index (χ0) is 23.8. The fourth-order valence-electron chi connectivity index (χ4n) is 2.80. The summed E-state index contributed by atoms with van der Waals surface area (Å²) in [5.74, 6) is 0.0559. The lowest BCUT2D eigenvalue weighted by atomic mass is 10.1. The molecule has 3 aromatic rings. The number of carbonyl (C=O) groups is 2. The molecule has 2 amide bonds. The number of hydrogen-bond donors (Lipinski definition) is 2. The van der Waals surface area contributed by atoms with Gasteiger partial charge in [-0.3, -0.25) is 19.7 Å². The predicted octanol–water partition coefficient (Wildman–Crippen LogP) is 3.46. The zero-order valence-electron chi connectivity index (χ0n) is 17.4. The highest BCUT2D eigenvalue weighted by Gasteiger charge is 2.16. The van der Waals surface area contributed by atoms with E-state index in [1.165, 1.54) is 12.3 Å². The predicted molar refractivity (Wildman–Crippen MR) is 121 cm³/mol. The summed E-state index contributed by atoms with van der Waals surface area (Å²) >= 11 is 5.93. The number of halogens is 1. The molecule has 0 atom stereocenters. The summed E-state index contributed by atoms with van der Waals surface area (Å²) in [5.41, 5.74) is 3.30. The van der Waals surface area contributed by atoms with Crippen molar-refractivity contribution in [3.63, 3.8) is 0 Å². The molecule has 0 aliphatic rings. The van der Waals surface area contributed by atoms with Crippen LogP contribution in [0.4, 0.5) is 5.69 Å². The van der Waals surface area contributed by atoms with E-state index in [4.69, 9.17) is 20.8 Å². The lowest BCUT2D eigenvalue weighted by Crippen LogP contribution is -2.37. The van der Waals surface area contributed by atoms with Crippen molar-refractivity contribution in [2.75, 3.05) is 13.2 Å². The van der Waals surface area contributed by atoms with Gasteiger partial charge in [-0.2, -0.15) is 5.10 Å². The molecule has 0 bridgehead atoms. The van der Waals surface area contributed by atoms with Crippen LogP contribution in [0.2, 0.25) is 5.02 Å². The Labute approximate surface area is 193 Å². The molecule has 2 N–H and O–H groups in total. The van der Waals surface area contributed by atoms with Crippen molar-refractivity contribution < 1.29 is 23.7 Å². The number of nitrogens with zero attached hydrogens (tertiary/aromatic N) is 2. The van der Waals surface area contributed by atoms with Gasteiger partial charge in [-0.15, -0.1) is 0 Å². The van der Waals surface area contributed by atoms with Crippen LogP contribution in [0, 0.1) is 17.0 Å². The van der Waals surface area contributed by atoms with E-state index in [2.05, 4.69) is 15.8 Å². The van der Waals surface area contributed by atoms with Crippen LogP contribution in [0.5, 0.6) is 5.75 Å². The first kappa shape index (κ1) is 23.5. The van der Waals surface area contributed by atoms with Crippen LogP contribution in [0.15, 0.2) is 64.1 Å². The molecule has 11 heteroatoms. The van der Waals surface area contributed by atoms with Gasteiger partial charge in [-0.1, -0.05) is 35.9 Å². The second-order valence-electron chi connectivity index (χ2n) is 6.70. The minimum absolute atomic E-state index is 0.00862. The molecule has 0 aliphatic carbocycles. The summed E-state index contributed by atoms with van der Waals surface area (Å²) in [6.07, 6.45) is 1.27. The van der Waals surface area contributed by atoms with Gasteiger partial charge < -0.3 is 14.5 Å². The molecule has 0 radical (unpaired) electrons. The van der Waals surface area contributed by atoms with E-state index in [1.807, 2.05) is 0 Å². The molecule has 33 heavy (non-hydrogen) atoms. The first-order valence-corrected chi connectivity index (χ1v) is 10.0. The Balaban J connectivity index is 1.47. The van der Waals surface area contributed by atoms with Gasteiger partial charge in [0.25, 0.3) is 17.5 Å². The Morgan fingerprint density at radius 1 is 1.15 bits per heavy atom. The number of furan rings is 1.